The lowest BCUT2D eigenvalue weighted by Gasteiger charge is -2.31. The second-order valence-corrected chi connectivity index (χ2v) is 5.95. The number of benzene rings is 1. The van der Waals surface area contributed by atoms with Crippen LogP contribution in [0.25, 0.3) is 0 Å². The van der Waals surface area contributed by atoms with Crippen molar-refractivity contribution in [1.29, 1.82) is 0 Å². The Kier molecular flexibility index (Phi) is 5.62. The first kappa shape index (κ1) is 15.8. The standard InChI is InChI=1S/C17H26N2O2/c1-3-4-14-9-11-19(12-10-14)17(21)18-16-7-5-15(6-8-16)13(2)20/h5-8,13-14,20H,3-4,9-12H2,1-2H3,(H,18,21). The Morgan fingerprint density at radius 2 is 1.95 bits per heavy atom. The summed E-state index contributed by atoms with van der Waals surface area (Å²) < 4.78 is 0. The summed E-state index contributed by atoms with van der Waals surface area (Å²) >= 11 is 0. The third kappa shape index (κ3) is 4.46. The Morgan fingerprint density at radius 1 is 1.33 bits per heavy atom. The van der Waals surface area contributed by atoms with Gasteiger partial charge in [-0.15, -0.1) is 0 Å². The van der Waals surface area contributed by atoms with Gasteiger partial charge in [0.1, 0.15) is 0 Å². The van der Waals surface area contributed by atoms with E-state index in [0.29, 0.717) is 0 Å². The van der Waals surface area contributed by atoms with Crippen LogP contribution in [0.3, 0.4) is 0 Å². The molecule has 2 amide bonds. The lowest BCUT2D eigenvalue weighted by atomic mass is 9.93. The van der Waals surface area contributed by atoms with Crippen molar-refractivity contribution in [3.8, 4) is 0 Å². The number of nitrogens with zero attached hydrogens (tertiary/aromatic N) is 1. The van der Waals surface area contributed by atoms with Crippen LogP contribution in [0.5, 0.6) is 0 Å². The highest BCUT2D eigenvalue weighted by molar-refractivity contribution is 5.89. The third-order valence-corrected chi connectivity index (χ3v) is 4.24. The molecule has 1 aromatic rings. The molecule has 1 heterocycles. The highest BCUT2D eigenvalue weighted by Crippen LogP contribution is 2.22. The third-order valence-electron chi connectivity index (χ3n) is 4.24. The van der Waals surface area contributed by atoms with E-state index in [1.54, 1.807) is 6.92 Å². The quantitative estimate of drug-likeness (QED) is 0.886. The molecule has 2 rings (SSSR count). The number of aliphatic hydroxyl groups is 1. The van der Waals surface area contributed by atoms with Gasteiger partial charge in [-0.2, -0.15) is 0 Å². The van der Waals surface area contributed by atoms with Crippen molar-refractivity contribution >= 4 is 11.7 Å². The number of piperidine rings is 1. The molecule has 21 heavy (non-hydrogen) atoms. The Balaban J connectivity index is 1.84. The molecule has 2 N–H and O–H groups in total. The second-order valence-electron chi connectivity index (χ2n) is 5.95. The number of amides is 2. The van der Waals surface area contributed by atoms with Crippen LogP contribution >= 0.6 is 0 Å². The number of hydrogen-bond acceptors (Lipinski definition) is 2. The Bertz CT molecular complexity index is 448. The summed E-state index contributed by atoms with van der Waals surface area (Å²) in [5, 5.41) is 12.4. The van der Waals surface area contributed by atoms with Crippen molar-refractivity contribution in [1.82, 2.24) is 4.90 Å². The average molecular weight is 290 g/mol. The zero-order valence-corrected chi connectivity index (χ0v) is 13.0. The number of aliphatic hydroxyl groups excluding tert-OH is 1. The summed E-state index contributed by atoms with van der Waals surface area (Å²) in [6.45, 7) is 5.65. The molecule has 1 aliphatic rings. The van der Waals surface area contributed by atoms with E-state index in [-0.39, 0.29) is 6.03 Å². The van der Waals surface area contributed by atoms with Crippen molar-refractivity contribution in [2.75, 3.05) is 18.4 Å². The van der Waals surface area contributed by atoms with Gasteiger partial charge in [-0.25, -0.2) is 4.79 Å². The topological polar surface area (TPSA) is 52.6 Å². The molecule has 0 aliphatic carbocycles. The molecule has 1 atom stereocenters. The number of likely N-dealkylation sites (tertiary alicyclic amines) is 1. The zero-order chi connectivity index (χ0) is 15.2. The van der Waals surface area contributed by atoms with E-state index in [0.717, 1.165) is 43.1 Å². The fourth-order valence-electron chi connectivity index (χ4n) is 2.88. The fraction of sp³-hybridized carbons (Fsp3) is 0.588. The number of anilines is 1. The van der Waals surface area contributed by atoms with Gasteiger partial charge < -0.3 is 15.3 Å². The summed E-state index contributed by atoms with van der Waals surface area (Å²) in [6, 6.07) is 7.34. The van der Waals surface area contributed by atoms with Gasteiger partial charge in [0.05, 0.1) is 6.10 Å². The number of hydrogen-bond donors (Lipinski definition) is 2. The molecule has 116 valence electrons. The minimum Gasteiger partial charge on any atom is -0.389 e. The maximum atomic E-state index is 12.2. The largest absolute Gasteiger partial charge is 0.389 e. The molecule has 4 heteroatoms. The summed E-state index contributed by atoms with van der Waals surface area (Å²) in [5.41, 5.74) is 1.63. The van der Waals surface area contributed by atoms with Gasteiger partial charge in [0, 0.05) is 18.8 Å². The zero-order valence-electron chi connectivity index (χ0n) is 13.0. The van der Waals surface area contributed by atoms with Crippen molar-refractivity contribution in [2.45, 2.75) is 45.6 Å². The van der Waals surface area contributed by atoms with Crippen LogP contribution in [0.1, 0.15) is 51.2 Å². The molecule has 1 saturated heterocycles. The van der Waals surface area contributed by atoms with E-state index >= 15 is 0 Å². The van der Waals surface area contributed by atoms with Crippen LogP contribution in [0.15, 0.2) is 24.3 Å². The Morgan fingerprint density at radius 3 is 2.48 bits per heavy atom. The number of urea groups is 1. The van der Waals surface area contributed by atoms with Crippen molar-refractivity contribution in [2.24, 2.45) is 5.92 Å². The number of carbonyl (C=O) groups is 1. The highest BCUT2D eigenvalue weighted by Gasteiger charge is 2.22. The van der Waals surface area contributed by atoms with Crippen LogP contribution < -0.4 is 5.32 Å². The first-order valence-electron chi connectivity index (χ1n) is 7.94. The molecule has 1 aromatic carbocycles. The van der Waals surface area contributed by atoms with Gasteiger partial charge >= 0.3 is 6.03 Å². The van der Waals surface area contributed by atoms with Crippen LogP contribution in [-0.2, 0) is 0 Å². The maximum Gasteiger partial charge on any atom is 0.321 e. The Hall–Kier alpha value is -1.55. The van der Waals surface area contributed by atoms with E-state index < -0.39 is 6.10 Å². The van der Waals surface area contributed by atoms with E-state index in [1.807, 2.05) is 29.2 Å². The normalized spacial score (nSPS) is 17.6. The summed E-state index contributed by atoms with van der Waals surface area (Å²) in [4.78, 5) is 14.1. The van der Waals surface area contributed by atoms with Gasteiger partial charge in [-0.05, 0) is 43.4 Å². The van der Waals surface area contributed by atoms with Crippen LogP contribution in [0.2, 0.25) is 0 Å². The van der Waals surface area contributed by atoms with Crippen LogP contribution in [0, 0.1) is 5.92 Å². The number of nitrogens with one attached hydrogen (secondary N) is 1. The molecule has 0 aromatic heterocycles. The van der Waals surface area contributed by atoms with Gasteiger partial charge in [-0.1, -0.05) is 31.9 Å². The van der Waals surface area contributed by atoms with Gasteiger partial charge in [0.25, 0.3) is 0 Å². The van der Waals surface area contributed by atoms with Crippen molar-refractivity contribution < 1.29 is 9.90 Å². The molecular formula is C17H26N2O2. The lowest BCUT2D eigenvalue weighted by molar-refractivity contribution is 0.179. The molecule has 0 saturated carbocycles. The first-order chi connectivity index (χ1) is 10.1. The lowest BCUT2D eigenvalue weighted by Crippen LogP contribution is -2.41. The van der Waals surface area contributed by atoms with Crippen molar-refractivity contribution in [3.63, 3.8) is 0 Å². The van der Waals surface area contributed by atoms with E-state index in [1.165, 1.54) is 12.8 Å². The van der Waals surface area contributed by atoms with E-state index in [4.69, 9.17) is 0 Å². The molecule has 1 aliphatic heterocycles. The molecular weight excluding hydrogens is 264 g/mol. The minimum atomic E-state index is -0.479. The predicted octanol–water partition coefficient (Wildman–Crippen LogP) is 3.78. The monoisotopic (exact) mass is 290 g/mol. The number of rotatable bonds is 4. The summed E-state index contributed by atoms with van der Waals surface area (Å²) in [7, 11) is 0. The Labute approximate surface area is 127 Å². The fourth-order valence-corrected chi connectivity index (χ4v) is 2.88. The number of carbonyl (C=O) groups excluding carboxylic acids is 1. The smallest absolute Gasteiger partial charge is 0.321 e. The van der Waals surface area contributed by atoms with Gasteiger partial charge in [0.15, 0.2) is 0 Å². The molecule has 1 fully saturated rings. The SMILES string of the molecule is CCCC1CCN(C(=O)Nc2ccc(C(C)O)cc2)CC1. The molecule has 0 spiro atoms. The van der Waals surface area contributed by atoms with Gasteiger partial charge in [0.2, 0.25) is 0 Å². The predicted molar refractivity (Wildman–Crippen MR) is 85.3 cm³/mol. The van der Waals surface area contributed by atoms with E-state index in [2.05, 4.69) is 12.2 Å². The average Bonchev–Trinajstić information content (AvgIpc) is 2.49. The molecule has 0 radical (unpaired) electrons. The minimum absolute atomic E-state index is 0.0188. The van der Waals surface area contributed by atoms with Crippen LogP contribution in [0.4, 0.5) is 10.5 Å². The van der Waals surface area contributed by atoms with Gasteiger partial charge in [-0.3, -0.25) is 0 Å². The van der Waals surface area contributed by atoms with E-state index in [9.17, 15) is 9.90 Å². The first-order valence-corrected chi connectivity index (χ1v) is 7.94. The molecule has 4 nitrogen and oxygen atoms in total. The maximum absolute atomic E-state index is 12.2. The highest BCUT2D eigenvalue weighted by atomic mass is 16.3. The molecule has 0 bridgehead atoms. The van der Waals surface area contributed by atoms with Crippen molar-refractivity contribution in [3.05, 3.63) is 29.8 Å². The second kappa shape index (κ2) is 7.46. The summed E-state index contributed by atoms with van der Waals surface area (Å²) in [6.07, 6.45) is 4.25. The summed E-state index contributed by atoms with van der Waals surface area (Å²) in [5.74, 6) is 0.782. The van der Waals surface area contributed by atoms with Crippen LogP contribution in [-0.4, -0.2) is 29.1 Å². The molecule has 1 unspecified atom stereocenters.